The van der Waals surface area contributed by atoms with Crippen molar-refractivity contribution in [2.45, 2.75) is 49.8 Å². The standard InChI is InChI=1S/C22H19F5N2O3/c23-17-5-1-11(20(31)28-12-2-6-18(24)19(25)8-12)7-16(17)22(26,27)21(32)29-13-3-4-14(29)10-15(30)9-13/h1-2,5-8,13-15,30H,3-4,9-10H2,(H,28,31)/t13-,14+,15+. The van der Waals surface area contributed by atoms with Gasteiger partial charge in [-0.25, -0.2) is 13.2 Å². The van der Waals surface area contributed by atoms with Gasteiger partial charge in [0, 0.05) is 29.4 Å². The first-order chi connectivity index (χ1) is 15.1. The fraction of sp³-hybridized carbons (Fsp3) is 0.364. The lowest BCUT2D eigenvalue weighted by Gasteiger charge is -2.39. The maximum atomic E-state index is 15.1. The van der Waals surface area contributed by atoms with Crippen LogP contribution in [0.25, 0.3) is 0 Å². The number of rotatable bonds is 4. The third-order valence-corrected chi connectivity index (χ3v) is 5.96. The van der Waals surface area contributed by atoms with Gasteiger partial charge < -0.3 is 15.3 Å². The number of amides is 2. The van der Waals surface area contributed by atoms with E-state index < -0.39 is 64.5 Å². The van der Waals surface area contributed by atoms with Gasteiger partial charge in [-0.3, -0.25) is 9.59 Å². The molecule has 0 aliphatic carbocycles. The molecular weight excluding hydrogens is 435 g/mol. The molecular formula is C22H19F5N2O3. The monoisotopic (exact) mass is 454 g/mol. The maximum absolute atomic E-state index is 15.1. The Balaban J connectivity index is 1.59. The lowest BCUT2D eigenvalue weighted by Crippen LogP contribution is -2.53. The van der Waals surface area contributed by atoms with Crippen LogP contribution in [0, 0.1) is 17.5 Å². The molecule has 0 aromatic heterocycles. The second-order valence-corrected chi connectivity index (χ2v) is 8.07. The molecule has 170 valence electrons. The average Bonchev–Trinajstić information content (AvgIpc) is 3.00. The molecule has 2 aromatic rings. The molecule has 2 aliphatic heterocycles. The number of hydrogen-bond donors (Lipinski definition) is 2. The van der Waals surface area contributed by atoms with E-state index in [1.165, 1.54) is 0 Å². The molecule has 0 radical (unpaired) electrons. The summed E-state index contributed by atoms with van der Waals surface area (Å²) < 4.78 is 70.9. The van der Waals surface area contributed by atoms with Crippen molar-refractivity contribution in [1.29, 1.82) is 0 Å². The topological polar surface area (TPSA) is 69.6 Å². The van der Waals surface area contributed by atoms with E-state index in [2.05, 4.69) is 5.32 Å². The largest absolute Gasteiger partial charge is 0.393 e. The van der Waals surface area contributed by atoms with Crippen LogP contribution >= 0.6 is 0 Å². The summed E-state index contributed by atoms with van der Waals surface area (Å²) in [5.41, 5.74) is -1.78. The van der Waals surface area contributed by atoms with Crippen molar-refractivity contribution < 1.29 is 36.6 Å². The van der Waals surface area contributed by atoms with Gasteiger partial charge in [0.2, 0.25) is 0 Å². The molecule has 0 unspecified atom stereocenters. The summed E-state index contributed by atoms with van der Waals surface area (Å²) in [6.45, 7) is 0. The van der Waals surface area contributed by atoms with E-state index in [-0.39, 0.29) is 18.5 Å². The molecule has 10 heteroatoms. The number of aliphatic hydroxyl groups excluding tert-OH is 1. The molecule has 5 nitrogen and oxygen atoms in total. The molecule has 3 atom stereocenters. The molecule has 2 fully saturated rings. The Bertz CT molecular complexity index is 1060. The van der Waals surface area contributed by atoms with E-state index in [4.69, 9.17) is 0 Å². The lowest BCUT2D eigenvalue weighted by molar-refractivity contribution is -0.166. The number of benzene rings is 2. The SMILES string of the molecule is O=C(Nc1ccc(F)c(F)c1)c1ccc(F)c(C(F)(F)C(=O)N2[C@@H]3CC[C@H]2C[C@@H](O)C3)c1. The molecule has 2 saturated heterocycles. The highest BCUT2D eigenvalue weighted by Gasteiger charge is 2.53. The molecule has 2 heterocycles. The van der Waals surface area contributed by atoms with Gasteiger partial charge >= 0.3 is 5.92 Å². The van der Waals surface area contributed by atoms with Crippen molar-refractivity contribution in [3.8, 4) is 0 Å². The molecule has 2 N–H and O–H groups in total. The Labute approximate surface area is 179 Å². The van der Waals surface area contributed by atoms with Gasteiger partial charge in [-0.15, -0.1) is 0 Å². The Morgan fingerprint density at radius 3 is 2.19 bits per heavy atom. The molecule has 4 rings (SSSR count). The Morgan fingerprint density at radius 1 is 0.938 bits per heavy atom. The number of nitrogens with zero attached hydrogens (tertiary/aromatic N) is 1. The molecule has 2 bridgehead atoms. The van der Waals surface area contributed by atoms with Crippen molar-refractivity contribution >= 4 is 17.5 Å². The van der Waals surface area contributed by atoms with Gasteiger partial charge in [0.25, 0.3) is 11.8 Å². The van der Waals surface area contributed by atoms with Crippen LogP contribution in [0.1, 0.15) is 41.6 Å². The van der Waals surface area contributed by atoms with Crippen LogP contribution < -0.4 is 5.32 Å². The molecule has 0 saturated carbocycles. The molecule has 32 heavy (non-hydrogen) atoms. The van der Waals surface area contributed by atoms with Crippen LogP contribution in [-0.4, -0.2) is 40.0 Å². The number of aliphatic hydroxyl groups is 1. The maximum Gasteiger partial charge on any atom is 0.352 e. The summed E-state index contributed by atoms with van der Waals surface area (Å²) in [6.07, 6.45) is 0.630. The zero-order valence-electron chi connectivity index (χ0n) is 16.6. The van der Waals surface area contributed by atoms with E-state index in [0.717, 1.165) is 23.1 Å². The number of hydrogen-bond acceptors (Lipinski definition) is 3. The van der Waals surface area contributed by atoms with Gasteiger partial charge in [0.1, 0.15) is 5.82 Å². The second kappa shape index (κ2) is 8.16. The van der Waals surface area contributed by atoms with Gasteiger partial charge in [-0.1, -0.05) is 0 Å². The predicted molar refractivity (Wildman–Crippen MR) is 104 cm³/mol. The third-order valence-electron chi connectivity index (χ3n) is 5.96. The summed E-state index contributed by atoms with van der Waals surface area (Å²) in [7, 11) is 0. The first-order valence-electron chi connectivity index (χ1n) is 10.0. The van der Waals surface area contributed by atoms with Crippen LogP contribution in [-0.2, 0) is 10.7 Å². The highest BCUT2D eigenvalue weighted by molar-refractivity contribution is 6.04. The van der Waals surface area contributed by atoms with Gasteiger partial charge in [0.05, 0.1) is 11.7 Å². The number of carbonyl (C=O) groups excluding carboxylic acids is 2. The summed E-state index contributed by atoms with van der Waals surface area (Å²) in [5, 5.41) is 12.0. The molecule has 0 spiro atoms. The zero-order chi connectivity index (χ0) is 23.2. The van der Waals surface area contributed by atoms with Crippen LogP contribution in [0.15, 0.2) is 36.4 Å². The van der Waals surface area contributed by atoms with Crippen molar-refractivity contribution in [3.63, 3.8) is 0 Å². The lowest BCUT2D eigenvalue weighted by atomic mass is 9.96. The number of alkyl halides is 2. The third kappa shape index (κ3) is 3.94. The Morgan fingerprint density at radius 2 is 1.56 bits per heavy atom. The van der Waals surface area contributed by atoms with Gasteiger partial charge in [-0.05, 0) is 56.0 Å². The summed E-state index contributed by atoms with van der Waals surface area (Å²) in [6, 6.07) is 3.60. The Hall–Kier alpha value is -3.01. The van der Waals surface area contributed by atoms with Crippen LogP contribution in [0.3, 0.4) is 0 Å². The van der Waals surface area contributed by atoms with E-state index in [0.29, 0.717) is 31.0 Å². The van der Waals surface area contributed by atoms with Crippen molar-refractivity contribution in [3.05, 3.63) is 65.0 Å². The number of anilines is 1. The number of fused-ring (bicyclic) bond motifs is 2. The van der Waals surface area contributed by atoms with E-state index in [1.807, 2.05) is 0 Å². The van der Waals surface area contributed by atoms with Crippen LogP contribution in [0.2, 0.25) is 0 Å². The van der Waals surface area contributed by atoms with Crippen LogP contribution in [0.4, 0.5) is 27.6 Å². The van der Waals surface area contributed by atoms with Crippen molar-refractivity contribution in [2.75, 3.05) is 5.32 Å². The predicted octanol–water partition coefficient (Wildman–Crippen LogP) is 3.96. The minimum Gasteiger partial charge on any atom is -0.393 e. The number of nitrogens with one attached hydrogen (secondary N) is 1. The minimum absolute atomic E-state index is 0.133. The quantitative estimate of drug-likeness (QED) is 0.688. The van der Waals surface area contributed by atoms with E-state index in [9.17, 15) is 27.9 Å². The molecule has 2 aliphatic rings. The summed E-state index contributed by atoms with van der Waals surface area (Å²) in [5.74, 6) is -10.5. The average molecular weight is 454 g/mol. The first kappa shape index (κ1) is 22.2. The number of carbonyl (C=O) groups is 2. The highest BCUT2D eigenvalue weighted by Crippen LogP contribution is 2.41. The van der Waals surface area contributed by atoms with E-state index >= 15 is 8.78 Å². The first-order valence-corrected chi connectivity index (χ1v) is 10.0. The molecule has 2 aromatic carbocycles. The van der Waals surface area contributed by atoms with Gasteiger partial charge in [0.15, 0.2) is 11.6 Å². The highest BCUT2D eigenvalue weighted by atomic mass is 19.3. The van der Waals surface area contributed by atoms with Crippen molar-refractivity contribution in [2.24, 2.45) is 0 Å². The second-order valence-electron chi connectivity index (χ2n) is 8.07. The number of halogens is 5. The molecule has 2 amide bonds. The smallest absolute Gasteiger partial charge is 0.352 e. The number of piperidine rings is 1. The van der Waals surface area contributed by atoms with Crippen LogP contribution in [0.5, 0.6) is 0 Å². The van der Waals surface area contributed by atoms with E-state index in [1.54, 1.807) is 0 Å². The fourth-order valence-corrected chi connectivity index (χ4v) is 4.44. The van der Waals surface area contributed by atoms with Crippen molar-refractivity contribution in [1.82, 2.24) is 4.90 Å². The normalized spacial score (nSPS) is 22.7. The summed E-state index contributed by atoms with van der Waals surface area (Å²) in [4.78, 5) is 26.2. The Kier molecular flexibility index (Phi) is 5.66. The fourth-order valence-electron chi connectivity index (χ4n) is 4.44. The zero-order valence-corrected chi connectivity index (χ0v) is 16.6. The minimum atomic E-state index is -4.24. The van der Waals surface area contributed by atoms with Gasteiger partial charge in [-0.2, -0.15) is 8.78 Å². The summed E-state index contributed by atoms with van der Waals surface area (Å²) >= 11 is 0.